The molecule has 0 amide bonds. The van der Waals surface area contributed by atoms with Gasteiger partial charge in [0.15, 0.2) is 0 Å². The predicted octanol–water partition coefficient (Wildman–Crippen LogP) is 5.40. The van der Waals surface area contributed by atoms with Crippen LogP contribution in [0.4, 0.5) is 17.6 Å². The van der Waals surface area contributed by atoms with Gasteiger partial charge in [0.25, 0.3) is 0 Å². The quantitative estimate of drug-likeness (QED) is 0.531. The second-order valence-corrected chi connectivity index (χ2v) is 5.37. The van der Waals surface area contributed by atoms with Gasteiger partial charge in [0.1, 0.15) is 11.5 Å². The van der Waals surface area contributed by atoms with Gasteiger partial charge in [0.05, 0.1) is 12.2 Å². The molecule has 0 aliphatic rings. The van der Waals surface area contributed by atoms with Crippen molar-refractivity contribution in [3.05, 3.63) is 59.7 Å². The second kappa shape index (κ2) is 7.13. The maximum absolute atomic E-state index is 13.9. The molecule has 2 rings (SSSR count). The molecule has 0 saturated heterocycles. The van der Waals surface area contributed by atoms with Gasteiger partial charge < -0.3 is 9.47 Å². The summed E-state index contributed by atoms with van der Waals surface area (Å²) in [6.07, 6.45) is -5.00. The molecule has 25 heavy (non-hydrogen) atoms. The highest BCUT2D eigenvalue weighted by molar-refractivity contribution is 5.89. The van der Waals surface area contributed by atoms with Gasteiger partial charge in [0, 0.05) is 0 Å². The number of carbonyl (C=O) groups excluding carboxylic acids is 1. The fraction of sp³-hybridized carbons (Fsp3) is 0.278. The maximum atomic E-state index is 13.9. The number of esters is 1. The van der Waals surface area contributed by atoms with E-state index in [-0.39, 0.29) is 12.4 Å². The second-order valence-electron chi connectivity index (χ2n) is 5.37. The molecule has 0 spiro atoms. The van der Waals surface area contributed by atoms with Crippen molar-refractivity contribution >= 4 is 5.97 Å². The summed E-state index contributed by atoms with van der Waals surface area (Å²) < 4.78 is 62.2. The van der Waals surface area contributed by atoms with Crippen LogP contribution < -0.4 is 4.74 Å². The summed E-state index contributed by atoms with van der Waals surface area (Å²) >= 11 is 0. The van der Waals surface area contributed by atoms with Crippen molar-refractivity contribution in [3.8, 4) is 11.5 Å². The third-order valence-electron chi connectivity index (χ3n) is 3.53. The molecule has 0 bridgehead atoms. The first-order chi connectivity index (χ1) is 11.6. The molecule has 2 aromatic rings. The molecule has 7 heteroatoms. The van der Waals surface area contributed by atoms with E-state index in [4.69, 9.17) is 9.47 Å². The van der Waals surface area contributed by atoms with Gasteiger partial charge in [0.2, 0.25) is 5.67 Å². The Balaban J connectivity index is 2.10. The molecule has 3 nitrogen and oxygen atoms in total. The van der Waals surface area contributed by atoms with E-state index in [1.165, 1.54) is 36.4 Å². The molecule has 0 N–H and O–H groups in total. The summed E-state index contributed by atoms with van der Waals surface area (Å²) in [4.78, 5) is 11.5. The molecule has 2 aromatic carbocycles. The highest BCUT2D eigenvalue weighted by Gasteiger charge is 2.53. The van der Waals surface area contributed by atoms with Crippen molar-refractivity contribution in [1.82, 2.24) is 0 Å². The molecule has 1 unspecified atom stereocenters. The first-order valence-electron chi connectivity index (χ1n) is 7.46. The minimum atomic E-state index is -5.00. The number of hydrogen-bond acceptors (Lipinski definition) is 3. The lowest BCUT2D eigenvalue weighted by atomic mass is 9.97. The van der Waals surface area contributed by atoms with Crippen molar-refractivity contribution in [2.45, 2.75) is 25.7 Å². The third-order valence-corrected chi connectivity index (χ3v) is 3.53. The van der Waals surface area contributed by atoms with E-state index in [9.17, 15) is 22.4 Å². The topological polar surface area (TPSA) is 35.5 Å². The van der Waals surface area contributed by atoms with Crippen LogP contribution in [0.1, 0.15) is 29.8 Å². The van der Waals surface area contributed by atoms with E-state index >= 15 is 0 Å². The number of ether oxygens (including phenoxy) is 2. The van der Waals surface area contributed by atoms with Gasteiger partial charge in [-0.1, -0.05) is 12.1 Å². The van der Waals surface area contributed by atoms with Crippen LogP contribution in [0, 0.1) is 0 Å². The van der Waals surface area contributed by atoms with Gasteiger partial charge in [-0.2, -0.15) is 13.2 Å². The average molecular weight is 356 g/mol. The Morgan fingerprint density at radius 2 is 1.40 bits per heavy atom. The van der Waals surface area contributed by atoms with Crippen LogP contribution >= 0.6 is 0 Å². The standard InChI is InChI=1S/C18H16F4O3/c1-3-24-16(23)12-4-8-14(9-5-12)25-15-10-6-13(7-11-15)17(2,19)18(20,21)22/h4-11H,3H2,1-2H3. The Morgan fingerprint density at radius 3 is 1.84 bits per heavy atom. The first-order valence-corrected chi connectivity index (χ1v) is 7.46. The summed E-state index contributed by atoms with van der Waals surface area (Å²) in [7, 11) is 0. The number of benzene rings is 2. The zero-order valence-electron chi connectivity index (χ0n) is 13.6. The molecule has 1 atom stereocenters. The molecule has 0 radical (unpaired) electrons. The van der Waals surface area contributed by atoms with Crippen LogP contribution in [0.2, 0.25) is 0 Å². The Labute approximate surface area is 142 Å². The predicted molar refractivity (Wildman–Crippen MR) is 83.4 cm³/mol. The highest BCUT2D eigenvalue weighted by Crippen LogP contribution is 2.42. The molecular weight excluding hydrogens is 340 g/mol. The summed E-state index contributed by atoms with van der Waals surface area (Å²) in [5.74, 6) is 0.151. The third kappa shape index (κ3) is 4.29. The zero-order chi connectivity index (χ0) is 18.7. The summed E-state index contributed by atoms with van der Waals surface area (Å²) in [6, 6.07) is 10.6. The molecule has 0 aliphatic heterocycles. The van der Waals surface area contributed by atoms with Crippen molar-refractivity contribution in [2.24, 2.45) is 0 Å². The summed E-state index contributed by atoms with van der Waals surface area (Å²) in [5, 5.41) is 0. The van der Waals surface area contributed by atoms with Crippen LogP contribution in [0.5, 0.6) is 11.5 Å². The smallest absolute Gasteiger partial charge is 0.426 e. The maximum Gasteiger partial charge on any atom is 0.426 e. The van der Waals surface area contributed by atoms with E-state index in [0.29, 0.717) is 18.2 Å². The zero-order valence-corrected chi connectivity index (χ0v) is 13.6. The number of alkyl halides is 4. The fourth-order valence-electron chi connectivity index (χ4n) is 2.01. The van der Waals surface area contributed by atoms with Crippen LogP contribution in [-0.2, 0) is 10.4 Å². The van der Waals surface area contributed by atoms with Crippen LogP contribution in [0.25, 0.3) is 0 Å². The molecule has 0 heterocycles. The number of hydrogen-bond donors (Lipinski definition) is 0. The summed E-state index contributed by atoms with van der Waals surface area (Å²) in [5.41, 5.74) is -3.60. The average Bonchev–Trinajstić information content (AvgIpc) is 2.55. The minimum absolute atomic E-state index is 0.241. The molecule has 134 valence electrons. The molecule has 0 fully saturated rings. The van der Waals surface area contributed by atoms with Crippen molar-refractivity contribution < 1.29 is 31.8 Å². The van der Waals surface area contributed by atoms with E-state index in [1.807, 2.05) is 0 Å². The molecule has 0 aromatic heterocycles. The molecular formula is C18H16F4O3. The largest absolute Gasteiger partial charge is 0.462 e. The van der Waals surface area contributed by atoms with Crippen molar-refractivity contribution in [3.63, 3.8) is 0 Å². The lowest BCUT2D eigenvalue weighted by molar-refractivity contribution is -0.228. The minimum Gasteiger partial charge on any atom is -0.462 e. The van der Waals surface area contributed by atoms with E-state index < -0.39 is 23.4 Å². The van der Waals surface area contributed by atoms with Gasteiger partial charge in [-0.25, -0.2) is 9.18 Å². The lowest BCUT2D eigenvalue weighted by Crippen LogP contribution is -2.34. The van der Waals surface area contributed by atoms with Crippen LogP contribution in [0.3, 0.4) is 0 Å². The Kier molecular flexibility index (Phi) is 5.35. The van der Waals surface area contributed by atoms with E-state index in [2.05, 4.69) is 0 Å². The number of rotatable bonds is 5. The number of carbonyl (C=O) groups is 1. The van der Waals surface area contributed by atoms with E-state index in [1.54, 1.807) is 6.92 Å². The lowest BCUT2D eigenvalue weighted by Gasteiger charge is -2.24. The fourth-order valence-corrected chi connectivity index (χ4v) is 2.01. The summed E-state index contributed by atoms with van der Waals surface area (Å²) in [6.45, 7) is 2.42. The van der Waals surface area contributed by atoms with Crippen LogP contribution in [-0.4, -0.2) is 18.8 Å². The normalized spacial score (nSPS) is 13.8. The Morgan fingerprint density at radius 1 is 0.920 bits per heavy atom. The molecule has 0 aliphatic carbocycles. The van der Waals surface area contributed by atoms with Crippen LogP contribution in [0.15, 0.2) is 48.5 Å². The highest BCUT2D eigenvalue weighted by atomic mass is 19.4. The Bertz CT molecular complexity index is 719. The van der Waals surface area contributed by atoms with Gasteiger partial charge >= 0.3 is 12.1 Å². The first kappa shape index (κ1) is 18.8. The van der Waals surface area contributed by atoms with Crippen molar-refractivity contribution in [1.29, 1.82) is 0 Å². The van der Waals surface area contributed by atoms with Gasteiger partial charge in [-0.05, 0) is 55.8 Å². The van der Waals surface area contributed by atoms with E-state index in [0.717, 1.165) is 12.1 Å². The SMILES string of the molecule is CCOC(=O)c1ccc(Oc2ccc(C(C)(F)C(F)(F)F)cc2)cc1. The monoisotopic (exact) mass is 356 g/mol. The Hall–Kier alpha value is -2.57. The van der Waals surface area contributed by atoms with Gasteiger partial charge in [-0.15, -0.1) is 0 Å². The number of halogens is 4. The van der Waals surface area contributed by atoms with Gasteiger partial charge in [-0.3, -0.25) is 0 Å². The van der Waals surface area contributed by atoms with Crippen molar-refractivity contribution in [2.75, 3.05) is 6.61 Å². The molecule has 0 saturated carbocycles.